The molecule has 0 N–H and O–H groups in total. The molecule has 0 aliphatic carbocycles. The van der Waals surface area contributed by atoms with Gasteiger partial charge in [0, 0.05) is 11.1 Å². The molecule has 0 saturated heterocycles. The summed E-state index contributed by atoms with van der Waals surface area (Å²) in [5, 5.41) is 1.00. The molecule has 3 aromatic rings. The predicted octanol–water partition coefficient (Wildman–Crippen LogP) is 3.90. The summed E-state index contributed by atoms with van der Waals surface area (Å²) >= 11 is 0. The Bertz CT molecular complexity index is 959. The van der Waals surface area contributed by atoms with Gasteiger partial charge >= 0.3 is 0 Å². The van der Waals surface area contributed by atoms with Crippen LogP contribution < -0.4 is 0 Å². The van der Waals surface area contributed by atoms with Gasteiger partial charge in [0.05, 0.1) is 22.7 Å². The van der Waals surface area contributed by atoms with Gasteiger partial charge in [0.1, 0.15) is 0 Å². The summed E-state index contributed by atoms with van der Waals surface area (Å²) in [6.07, 6.45) is 0. The lowest BCUT2D eigenvalue weighted by atomic mass is 10.0. The molecule has 4 rings (SSSR count). The molecule has 1 unspecified atom stereocenters. The molecule has 0 bridgehead atoms. The Labute approximate surface area is 139 Å². The van der Waals surface area contributed by atoms with Gasteiger partial charge in [-0.1, -0.05) is 30.3 Å². The molecule has 2 heterocycles. The number of amides is 2. The third-order valence-corrected chi connectivity index (χ3v) is 4.62. The molecule has 0 fully saturated rings. The van der Waals surface area contributed by atoms with E-state index in [1.165, 1.54) is 4.90 Å². The standard InChI is InChI=1S/C20H16N2O2/c1-12-17(11-14-7-3-6-10-18(14)21-12)13(2)22-19(23)15-8-4-5-9-16(15)20(22)24/h3-11,13H,1-2H3. The van der Waals surface area contributed by atoms with Crippen molar-refractivity contribution in [2.24, 2.45) is 0 Å². The van der Waals surface area contributed by atoms with E-state index in [4.69, 9.17) is 0 Å². The maximum Gasteiger partial charge on any atom is 0.262 e. The second-order valence-electron chi connectivity index (χ2n) is 6.06. The zero-order valence-electron chi connectivity index (χ0n) is 13.5. The number of pyridine rings is 1. The normalized spacial score (nSPS) is 15.0. The average molecular weight is 316 g/mol. The van der Waals surface area contributed by atoms with Crippen molar-refractivity contribution in [2.75, 3.05) is 0 Å². The molecule has 1 aliphatic heterocycles. The number of carbonyl (C=O) groups excluding carboxylic acids is 2. The third kappa shape index (κ3) is 2.03. The molecule has 2 aromatic carbocycles. The minimum absolute atomic E-state index is 0.240. The van der Waals surface area contributed by atoms with Crippen molar-refractivity contribution in [1.82, 2.24) is 9.88 Å². The van der Waals surface area contributed by atoms with Gasteiger partial charge in [-0.25, -0.2) is 0 Å². The SMILES string of the molecule is Cc1nc2ccccc2cc1C(C)N1C(=O)c2ccccc2C1=O. The first-order chi connectivity index (χ1) is 11.6. The van der Waals surface area contributed by atoms with Gasteiger partial charge in [-0.2, -0.15) is 0 Å². The van der Waals surface area contributed by atoms with Crippen molar-refractivity contribution in [3.8, 4) is 0 Å². The van der Waals surface area contributed by atoms with Gasteiger partial charge < -0.3 is 0 Å². The summed E-state index contributed by atoms with van der Waals surface area (Å²) in [5.74, 6) is -0.480. The van der Waals surface area contributed by atoms with E-state index in [-0.39, 0.29) is 17.9 Å². The van der Waals surface area contributed by atoms with E-state index in [1.54, 1.807) is 24.3 Å². The van der Waals surface area contributed by atoms with Crippen LogP contribution in [0.4, 0.5) is 0 Å². The lowest BCUT2D eigenvalue weighted by molar-refractivity contribution is 0.0595. The van der Waals surface area contributed by atoms with Gasteiger partial charge in [0.15, 0.2) is 0 Å². The van der Waals surface area contributed by atoms with Gasteiger partial charge in [0.25, 0.3) is 11.8 Å². The number of nitrogens with zero attached hydrogens (tertiary/aromatic N) is 2. The number of aromatic nitrogens is 1. The zero-order valence-corrected chi connectivity index (χ0v) is 13.5. The number of hydrogen-bond donors (Lipinski definition) is 0. The highest BCUT2D eigenvalue weighted by Gasteiger charge is 2.39. The number of hydrogen-bond acceptors (Lipinski definition) is 3. The first kappa shape index (κ1) is 14.6. The number of rotatable bonds is 2. The van der Waals surface area contributed by atoms with Gasteiger partial charge in [-0.05, 0) is 43.7 Å². The van der Waals surface area contributed by atoms with Gasteiger partial charge in [-0.3, -0.25) is 19.5 Å². The summed E-state index contributed by atoms with van der Waals surface area (Å²) in [5.41, 5.74) is 3.58. The molecule has 4 heteroatoms. The van der Waals surface area contributed by atoms with E-state index >= 15 is 0 Å². The van der Waals surface area contributed by atoms with Crippen LogP contribution in [0.5, 0.6) is 0 Å². The van der Waals surface area contributed by atoms with Crippen molar-refractivity contribution in [3.63, 3.8) is 0 Å². The average Bonchev–Trinajstić information content (AvgIpc) is 2.85. The molecule has 2 amide bonds. The Balaban J connectivity index is 1.80. The maximum atomic E-state index is 12.7. The molecule has 1 atom stereocenters. The number of para-hydroxylation sites is 1. The van der Waals surface area contributed by atoms with E-state index in [0.29, 0.717) is 11.1 Å². The molecular weight excluding hydrogens is 300 g/mol. The number of carbonyl (C=O) groups is 2. The Morgan fingerprint density at radius 3 is 2.17 bits per heavy atom. The zero-order chi connectivity index (χ0) is 16.8. The van der Waals surface area contributed by atoms with Crippen LogP contribution in [-0.4, -0.2) is 21.7 Å². The van der Waals surface area contributed by atoms with Crippen LogP contribution >= 0.6 is 0 Å². The second-order valence-corrected chi connectivity index (χ2v) is 6.06. The lowest BCUT2D eigenvalue weighted by Gasteiger charge is -2.24. The smallest absolute Gasteiger partial charge is 0.262 e. The molecular formula is C20H16N2O2. The number of aryl methyl sites for hydroxylation is 1. The van der Waals surface area contributed by atoms with Crippen LogP contribution in [0.25, 0.3) is 10.9 Å². The molecule has 24 heavy (non-hydrogen) atoms. The number of fused-ring (bicyclic) bond motifs is 2. The highest BCUT2D eigenvalue weighted by molar-refractivity contribution is 6.21. The third-order valence-electron chi connectivity index (χ3n) is 4.62. The predicted molar refractivity (Wildman–Crippen MR) is 91.8 cm³/mol. The Morgan fingerprint density at radius 1 is 0.917 bits per heavy atom. The molecule has 4 nitrogen and oxygen atoms in total. The quantitative estimate of drug-likeness (QED) is 0.674. The van der Waals surface area contributed by atoms with Crippen LogP contribution in [-0.2, 0) is 0 Å². The van der Waals surface area contributed by atoms with Gasteiger partial charge in [0.2, 0.25) is 0 Å². The largest absolute Gasteiger partial charge is 0.269 e. The maximum absolute atomic E-state index is 12.7. The van der Waals surface area contributed by atoms with E-state index in [0.717, 1.165) is 22.2 Å². The van der Waals surface area contributed by atoms with Crippen LogP contribution in [0, 0.1) is 6.92 Å². The van der Waals surface area contributed by atoms with Gasteiger partial charge in [-0.15, -0.1) is 0 Å². The highest BCUT2D eigenvalue weighted by atomic mass is 16.2. The Kier molecular flexibility index (Phi) is 3.20. The first-order valence-electron chi connectivity index (χ1n) is 7.91. The molecule has 0 saturated carbocycles. The fraction of sp³-hybridized carbons (Fsp3) is 0.150. The van der Waals surface area contributed by atoms with Crippen LogP contribution in [0.1, 0.15) is 44.9 Å². The van der Waals surface area contributed by atoms with E-state index in [9.17, 15) is 9.59 Å². The monoisotopic (exact) mass is 316 g/mol. The fourth-order valence-corrected chi connectivity index (χ4v) is 3.35. The molecule has 0 spiro atoms. The highest BCUT2D eigenvalue weighted by Crippen LogP contribution is 2.33. The summed E-state index contributed by atoms with van der Waals surface area (Å²) in [6.45, 7) is 3.79. The van der Waals surface area contributed by atoms with E-state index in [2.05, 4.69) is 4.98 Å². The number of benzene rings is 2. The van der Waals surface area contributed by atoms with Crippen LogP contribution in [0.3, 0.4) is 0 Å². The van der Waals surface area contributed by atoms with Crippen molar-refractivity contribution >= 4 is 22.7 Å². The van der Waals surface area contributed by atoms with Crippen molar-refractivity contribution in [2.45, 2.75) is 19.9 Å². The minimum atomic E-state index is -0.366. The van der Waals surface area contributed by atoms with Crippen LogP contribution in [0.2, 0.25) is 0 Å². The summed E-state index contributed by atoms with van der Waals surface area (Å²) < 4.78 is 0. The van der Waals surface area contributed by atoms with E-state index < -0.39 is 0 Å². The van der Waals surface area contributed by atoms with E-state index in [1.807, 2.05) is 44.2 Å². The summed E-state index contributed by atoms with van der Waals surface area (Å²) in [7, 11) is 0. The molecule has 1 aromatic heterocycles. The fourth-order valence-electron chi connectivity index (χ4n) is 3.35. The Morgan fingerprint density at radius 2 is 1.50 bits per heavy atom. The molecule has 118 valence electrons. The summed E-state index contributed by atoms with van der Waals surface area (Å²) in [6, 6.07) is 16.5. The summed E-state index contributed by atoms with van der Waals surface area (Å²) in [4.78, 5) is 31.3. The molecule has 0 radical (unpaired) electrons. The topological polar surface area (TPSA) is 50.3 Å². The van der Waals surface area contributed by atoms with Crippen molar-refractivity contribution in [1.29, 1.82) is 0 Å². The lowest BCUT2D eigenvalue weighted by Crippen LogP contribution is -2.33. The van der Waals surface area contributed by atoms with Crippen molar-refractivity contribution < 1.29 is 9.59 Å². The minimum Gasteiger partial charge on any atom is -0.269 e. The Hall–Kier alpha value is -3.01. The van der Waals surface area contributed by atoms with Crippen molar-refractivity contribution in [3.05, 3.63) is 77.0 Å². The van der Waals surface area contributed by atoms with Crippen LogP contribution in [0.15, 0.2) is 54.6 Å². The first-order valence-corrected chi connectivity index (χ1v) is 7.91. The number of imide groups is 1. The molecule has 1 aliphatic rings. The second kappa shape index (κ2) is 5.27.